The quantitative estimate of drug-likeness (QED) is 0.881. The summed E-state index contributed by atoms with van der Waals surface area (Å²) in [6, 6.07) is 4.45. The number of carbonyl (C=O) groups excluding carboxylic acids is 1. The number of amides is 1. The molecule has 1 aliphatic heterocycles. The van der Waals surface area contributed by atoms with Crippen molar-refractivity contribution in [3.63, 3.8) is 0 Å². The molecule has 1 atom stereocenters. The fourth-order valence-corrected chi connectivity index (χ4v) is 2.71. The zero-order valence-electron chi connectivity index (χ0n) is 11.6. The maximum Gasteiger partial charge on any atom is 0.221 e. The monoisotopic (exact) mass is 261 g/mol. The highest BCUT2D eigenvalue weighted by Gasteiger charge is 2.24. The molecule has 1 aliphatic rings. The van der Waals surface area contributed by atoms with Crippen molar-refractivity contribution in [3.05, 3.63) is 30.1 Å². The van der Waals surface area contributed by atoms with Gasteiger partial charge in [-0.3, -0.25) is 14.7 Å². The maximum absolute atomic E-state index is 11.8. The molecule has 0 saturated carbocycles. The highest BCUT2D eigenvalue weighted by Crippen LogP contribution is 2.21. The van der Waals surface area contributed by atoms with Gasteiger partial charge < -0.3 is 5.32 Å². The summed E-state index contributed by atoms with van der Waals surface area (Å²) in [6.45, 7) is 4.66. The second-order valence-corrected chi connectivity index (χ2v) is 5.14. The Balaban J connectivity index is 1.94. The van der Waals surface area contributed by atoms with E-state index in [9.17, 15) is 4.79 Å². The Bertz CT molecular complexity index is 394. The fourth-order valence-electron chi connectivity index (χ4n) is 2.71. The molecule has 1 fully saturated rings. The predicted molar refractivity (Wildman–Crippen MR) is 75.6 cm³/mol. The first-order valence-electron chi connectivity index (χ1n) is 7.19. The molecule has 2 rings (SSSR count). The highest BCUT2D eigenvalue weighted by molar-refractivity contribution is 5.76. The smallest absolute Gasteiger partial charge is 0.221 e. The van der Waals surface area contributed by atoms with Crippen LogP contribution in [0.4, 0.5) is 0 Å². The van der Waals surface area contributed by atoms with Crippen LogP contribution in [0.15, 0.2) is 24.5 Å². The summed E-state index contributed by atoms with van der Waals surface area (Å²) >= 11 is 0. The highest BCUT2D eigenvalue weighted by atomic mass is 16.1. The molecule has 1 aromatic rings. The molecule has 0 spiro atoms. The summed E-state index contributed by atoms with van der Waals surface area (Å²) in [5.41, 5.74) is 1.23. The molecule has 4 heteroatoms. The number of hydrogen-bond donors (Lipinski definition) is 1. The Hall–Kier alpha value is -1.42. The van der Waals surface area contributed by atoms with Crippen molar-refractivity contribution >= 4 is 5.91 Å². The van der Waals surface area contributed by atoms with E-state index in [0.29, 0.717) is 19.0 Å². The molecular weight excluding hydrogens is 238 g/mol. The third kappa shape index (κ3) is 4.31. The lowest BCUT2D eigenvalue weighted by Crippen LogP contribution is -2.42. The lowest BCUT2D eigenvalue weighted by atomic mass is 9.98. The molecule has 104 valence electrons. The van der Waals surface area contributed by atoms with Crippen molar-refractivity contribution in [1.29, 1.82) is 0 Å². The summed E-state index contributed by atoms with van der Waals surface area (Å²) < 4.78 is 0. The molecule has 2 heterocycles. The Morgan fingerprint density at radius 3 is 3.16 bits per heavy atom. The van der Waals surface area contributed by atoms with Crippen LogP contribution in [0.25, 0.3) is 0 Å². The van der Waals surface area contributed by atoms with Gasteiger partial charge in [-0.05, 0) is 37.9 Å². The van der Waals surface area contributed by atoms with Gasteiger partial charge in [0.2, 0.25) is 5.91 Å². The van der Waals surface area contributed by atoms with E-state index in [1.54, 1.807) is 6.20 Å². The second kappa shape index (κ2) is 7.24. The van der Waals surface area contributed by atoms with Crippen LogP contribution in [-0.4, -0.2) is 34.9 Å². The standard InChI is InChI=1S/C15H23N3O/c1-2-17-15(19)10-14-7-3-4-9-18(14)12-13-6-5-8-16-11-13/h5-6,8,11,14H,2-4,7,9-10,12H2,1H3,(H,17,19). The predicted octanol–water partition coefficient (Wildman–Crippen LogP) is 1.96. The summed E-state index contributed by atoms with van der Waals surface area (Å²) in [6.07, 6.45) is 7.91. The zero-order chi connectivity index (χ0) is 13.5. The van der Waals surface area contributed by atoms with E-state index in [2.05, 4.69) is 21.3 Å². The minimum Gasteiger partial charge on any atom is -0.356 e. The van der Waals surface area contributed by atoms with Crippen molar-refractivity contribution in [2.75, 3.05) is 13.1 Å². The number of carbonyl (C=O) groups is 1. The van der Waals surface area contributed by atoms with Crippen molar-refractivity contribution in [3.8, 4) is 0 Å². The van der Waals surface area contributed by atoms with Crippen LogP contribution in [0, 0.1) is 0 Å². The summed E-state index contributed by atoms with van der Waals surface area (Å²) in [4.78, 5) is 18.3. The van der Waals surface area contributed by atoms with Crippen LogP contribution >= 0.6 is 0 Å². The van der Waals surface area contributed by atoms with Gasteiger partial charge in [0.25, 0.3) is 0 Å². The van der Waals surface area contributed by atoms with Crippen molar-refractivity contribution in [1.82, 2.24) is 15.2 Å². The molecular formula is C15H23N3O. The number of piperidine rings is 1. The van der Waals surface area contributed by atoms with Crippen molar-refractivity contribution in [2.24, 2.45) is 0 Å². The van der Waals surface area contributed by atoms with Gasteiger partial charge >= 0.3 is 0 Å². The van der Waals surface area contributed by atoms with Crippen LogP contribution in [0.5, 0.6) is 0 Å². The van der Waals surface area contributed by atoms with E-state index in [1.807, 2.05) is 19.2 Å². The number of rotatable bonds is 5. The van der Waals surface area contributed by atoms with Crippen molar-refractivity contribution < 1.29 is 4.79 Å². The Kier molecular flexibility index (Phi) is 5.33. The van der Waals surface area contributed by atoms with Gasteiger partial charge in [0.15, 0.2) is 0 Å². The molecule has 1 N–H and O–H groups in total. The normalized spacial score (nSPS) is 20.2. The van der Waals surface area contributed by atoms with Gasteiger partial charge in [-0.15, -0.1) is 0 Å². The van der Waals surface area contributed by atoms with Gasteiger partial charge in [0.1, 0.15) is 0 Å². The molecule has 4 nitrogen and oxygen atoms in total. The number of hydrogen-bond acceptors (Lipinski definition) is 3. The maximum atomic E-state index is 11.8. The lowest BCUT2D eigenvalue weighted by molar-refractivity contribution is -0.122. The molecule has 0 bridgehead atoms. The van der Waals surface area contributed by atoms with Crippen LogP contribution in [0.3, 0.4) is 0 Å². The SMILES string of the molecule is CCNC(=O)CC1CCCCN1Cc1cccnc1. The van der Waals surface area contributed by atoms with Crippen LogP contribution in [0.2, 0.25) is 0 Å². The molecule has 1 aromatic heterocycles. The van der Waals surface area contributed by atoms with Gasteiger partial charge in [0.05, 0.1) is 0 Å². The summed E-state index contributed by atoms with van der Waals surface area (Å²) in [5, 5.41) is 2.90. The zero-order valence-corrected chi connectivity index (χ0v) is 11.6. The molecule has 0 aromatic carbocycles. The fraction of sp³-hybridized carbons (Fsp3) is 0.600. The average Bonchev–Trinajstić information content (AvgIpc) is 2.42. The molecule has 1 unspecified atom stereocenters. The van der Waals surface area contributed by atoms with Gasteiger partial charge in [0, 0.05) is 37.9 Å². The summed E-state index contributed by atoms with van der Waals surface area (Å²) in [7, 11) is 0. The third-order valence-corrected chi connectivity index (χ3v) is 3.65. The number of nitrogens with zero attached hydrogens (tertiary/aromatic N) is 2. The lowest BCUT2D eigenvalue weighted by Gasteiger charge is -2.35. The minimum atomic E-state index is 0.172. The van der Waals surface area contributed by atoms with Crippen LogP contribution < -0.4 is 5.32 Å². The number of aromatic nitrogens is 1. The summed E-state index contributed by atoms with van der Waals surface area (Å²) in [5.74, 6) is 0.172. The van der Waals surface area contributed by atoms with E-state index in [0.717, 1.165) is 19.5 Å². The number of likely N-dealkylation sites (tertiary alicyclic amines) is 1. The first kappa shape index (κ1) is 14.0. The van der Waals surface area contributed by atoms with Crippen LogP contribution in [-0.2, 0) is 11.3 Å². The third-order valence-electron chi connectivity index (χ3n) is 3.65. The van der Waals surface area contributed by atoms with Gasteiger partial charge in [-0.25, -0.2) is 0 Å². The van der Waals surface area contributed by atoms with Gasteiger partial charge in [-0.2, -0.15) is 0 Å². The van der Waals surface area contributed by atoms with Crippen molar-refractivity contribution in [2.45, 2.75) is 45.2 Å². The topological polar surface area (TPSA) is 45.2 Å². The van der Waals surface area contributed by atoms with E-state index in [1.165, 1.54) is 18.4 Å². The van der Waals surface area contributed by atoms with E-state index in [-0.39, 0.29) is 5.91 Å². The first-order valence-corrected chi connectivity index (χ1v) is 7.19. The van der Waals surface area contributed by atoms with E-state index in [4.69, 9.17) is 0 Å². The average molecular weight is 261 g/mol. The largest absolute Gasteiger partial charge is 0.356 e. The van der Waals surface area contributed by atoms with E-state index < -0.39 is 0 Å². The number of pyridine rings is 1. The molecule has 1 amide bonds. The van der Waals surface area contributed by atoms with E-state index >= 15 is 0 Å². The van der Waals surface area contributed by atoms with Gasteiger partial charge in [-0.1, -0.05) is 12.5 Å². The second-order valence-electron chi connectivity index (χ2n) is 5.14. The molecule has 0 radical (unpaired) electrons. The van der Waals surface area contributed by atoms with Crippen LogP contribution in [0.1, 0.15) is 38.2 Å². The number of nitrogens with one attached hydrogen (secondary N) is 1. The Labute approximate surface area is 115 Å². The Morgan fingerprint density at radius 2 is 2.42 bits per heavy atom. The minimum absolute atomic E-state index is 0.172. The molecule has 1 saturated heterocycles. The molecule has 0 aliphatic carbocycles. The first-order chi connectivity index (χ1) is 9.29. The Morgan fingerprint density at radius 1 is 1.53 bits per heavy atom. The molecule has 19 heavy (non-hydrogen) atoms.